The lowest BCUT2D eigenvalue weighted by atomic mass is 10.1. The molecule has 0 fully saturated rings. The first-order valence-electron chi connectivity index (χ1n) is 9.39. The zero-order valence-electron chi connectivity index (χ0n) is 16.2. The number of hydrogen-bond acceptors (Lipinski definition) is 5. The molecule has 29 heavy (non-hydrogen) atoms. The fourth-order valence-corrected chi connectivity index (χ4v) is 2.81. The summed E-state index contributed by atoms with van der Waals surface area (Å²) < 4.78 is 4.65. The Balaban J connectivity index is 1.47. The van der Waals surface area contributed by atoms with Gasteiger partial charge in [0.1, 0.15) is 5.69 Å². The van der Waals surface area contributed by atoms with Crippen molar-refractivity contribution >= 4 is 23.3 Å². The quantitative estimate of drug-likeness (QED) is 0.447. The molecule has 0 saturated heterocycles. The van der Waals surface area contributed by atoms with Crippen molar-refractivity contribution in [3.63, 3.8) is 0 Å². The predicted octanol–water partition coefficient (Wildman–Crippen LogP) is 4.17. The molecule has 3 aromatic rings. The summed E-state index contributed by atoms with van der Waals surface area (Å²) in [5.41, 5.74) is 3.51. The lowest BCUT2D eigenvalue weighted by Crippen LogP contribution is -2.14. The van der Waals surface area contributed by atoms with Gasteiger partial charge in [0.15, 0.2) is 0 Å². The predicted molar refractivity (Wildman–Crippen MR) is 113 cm³/mol. The van der Waals surface area contributed by atoms with Gasteiger partial charge in [-0.05, 0) is 54.8 Å². The Morgan fingerprint density at radius 3 is 2.31 bits per heavy atom. The van der Waals surface area contributed by atoms with E-state index in [4.69, 9.17) is 0 Å². The van der Waals surface area contributed by atoms with Crippen molar-refractivity contribution in [1.82, 2.24) is 4.98 Å². The fraction of sp³-hybridized carbons (Fsp3) is 0.174. The van der Waals surface area contributed by atoms with Gasteiger partial charge in [0.25, 0.3) is 5.91 Å². The molecule has 6 heteroatoms. The number of nitrogens with one attached hydrogen (secondary N) is 2. The summed E-state index contributed by atoms with van der Waals surface area (Å²) >= 11 is 0. The van der Waals surface area contributed by atoms with Crippen molar-refractivity contribution < 1.29 is 14.3 Å². The van der Waals surface area contributed by atoms with Gasteiger partial charge in [-0.1, -0.05) is 30.3 Å². The van der Waals surface area contributed by atoms with Crippen molar-refractivity contribution in [2.45, 2.75) is 12.8 Å². The van der Waals surface area contributed by atoms with E-state index in [1.54, 1.807) is 36.5 Å². The number of hydrogen-bond donors (Lipinski definition) is 2. The number of carbonyl (C=O) groups is 2. The van der Waals surface area contributed by atoms with E-state index in [1.165, 1.54) is 12.7 Å². The molecule has 148 valence electrons. The number of anilines is 2. The zero-order valence-corrected chi connectivity index (χ0v) is 16.2. The highest BCUT2D eigenvalue weighted by Gasteiger charge is 2.09. The summed E-state index contributed by atoms with van der Waals surface area (Å²) in [6, 6.07) is 20.4. The number of rotatable bonds is 8. The SMILES string of the molecule is COC(=O)c1ccc(NC(=O)c2ccc(NCCCc3ccccc3)cn2)cc1. The van der Waals surface area contributed by atoms with E-state index in [1.807, 2.05) is 24.3 Å². The standard InChI is InChI=1S/C23H23N3O3/c1-29-23(28)18-9-11-19(12-10-18)26-22(27)21-14-13-20(16-25-21)24-15-5-8-17-6-3-2-4-7-17/h2-4,6-7,9-14,16,24H,5,8,15H2,1H3,(H,26,27). The Morgan fingerprint density at radius 1 is 0.931 bits per heavy atom. The van der Waals surface area contributed by atoms with E-state index >= 15 is 0 Å². The Morgan fingerprint density at radius 2 is 1.66 bits per heavy atom. The van der Waals surface area contributed by atoms with Crippen LogP contribution in [0.3, 0.4) is 0 Å². The summed E-state index contributed by atoms with van der Waals surface area (Å²) in [7, 11) is 1.32. The van der Waals surface area contributed by atoms with Gasteiger partial charge in [-0.3, -0.25) is 4.79 Å². The largest absolute Gasteiger partial charge is 0.465 e. The van der Waals surface area contributed by atoms with E-state index in [9.17, 15) is 9.59 Å². The van der Waals surface area contributed by atoms with E-state index in [2.05, 4.69) is 32.5 Å². The minimum atomic E-state index is -0.420. The number of amides is 1. The molecular formula is C23H23N3O3. The molecule has 0 radical (unpaired) electrons. The molecule has 1 heterocycles. The zero-order chi connectivity index (χ0) is 20.5. The van der Waals surface area contributed by atoms with Crippen LogP contribution in [0.4, 0.5) is 11.4 Å². The highest BCUT2D eigenvalue weighted by Crippen LogP contribution is 2.13. The minimum Gasteiger partial charge on any atom is -0.465 e. The third-order valence-corrected chi connectivity index (χ3v) is 4.37. The van der Waals surface area contributed by atoms with E-state index in [0.717, 1.165) is 25.1 Å². The maximum absolute atomic E-state index is 12.3. The van der Waals surface area contributed by atoms with Crippen molar-refractivity contribution in [3.05, 3.63) is 89.7 Å². The number of aryl methyl sites for hydroxylation is 1. The van der Waals surface area contributed by atoms with Crippen molar-refractivity contribution in [2.75, 3.05) is 24.3 Å². The maximum Gasteiger partial charge on any atom is 0.337 e. The van der Waals surface area contributed by atoms with Gasteiger partial charge in [0.05, 0.1) is 24.6 Å². The Kier molecular flexibility index (Phi) is 6.95. The number of carbonyl (C=O) groups excluding carboxylic acids is 2. The molecule has 2 aromatic carbocycles. The first-order chi connectivity index (χ1) is 14.2. The van der Waals surface area contributed by atoms with Crippen molar-refractivity contribution in [1.29, 1.82) is 0 Å². The highest BCUT2D eigenvalue weighted by atomic mass is 16.5. The molecule has 0 aliphatic carbocycles. The summed E-state index contributed by atoms with van der Waals surface area (Å²) in [4.78, 5) is 28.0. The molecule has 2 N–H and O–H groups in total. The van der Waals surface area contributed by atoms with Crippen LogP contribution >= 0.6 is 0 Å². The summed E-state index contributed by atoms with van der Waals surface area (Å²) in [5, 5.41) is 6.07. The van der Waals surface area contributed by atoms with E-state index in [0.29, 0.717) is 16.9 Å². The van der Waals surface area contributed by atoms with Crippen LogP contribution in [0.1, 0.15) is 32.8 Å². The minimum absolute atomic E-state index is 0.313. The van der Waals surface area contributed by atoms with Crippen LogP contribution in [0.2, 0.25) is 0 Å². The second-order valence-corrected chi connectivity index (χ2v) is 6.47. The van der Waals surface area contributed by atoms with Crippen LogP contribution in [0.5, 0.6) is 0 Å². The lowest BCUT2D eigenvalue weighted by Gasteiger charge is -2.08. The van der Waals surface area contributed by atoms with Gasteiger partial charge in [-0.25, -0.2) is 9.78 Å². The smallest absolute Gasteiger partial charge is 0.337 e. The first-order valence-corrected chi connectivity index (χ1v) is 9.39. The van der Waals surface area contributed by atoms with Crippen molar-refractivity contribution in [2.24, 2.45) is 0 Å². The van der Waals surface area contributed by atoms with Gasteiger partial charge in [0, 0.05) is 12.2 Å². The van der Waals surface area contributed by atoms with Crippen molar-refractivity contribution in [3.8, 4) is 0 Å². The number of benzene rings is 2. The molecule has 1 aromatic heterocycles. The van der Waals surface area contributed by atoms with Crippen LogP contribution in [-0.4, -0.2) is 30.5 Å². The third kappa shape index (κ3) is 5.90. The summed E-state index contributed by atoms with van der Waals surface area (Å²) in [5.74, 6) is -0.733. The van der Waals surface area contributed by atoms with Crippen LogP contribution in [0.25, 0.3) is 0 Å². The number of esters is 1. The molecule has 0 aliphatic heterocycles. The normalized spacial score (nSPS) is 10.2. The third-order valence-electron chi connectivity index (χ3n) is 4.37. The second kappa shape index (κ2) is 10.0. The molecule has 0 atom stereocenters. The van der Waals surface area contributed by atoms with E-state index < -0.39 is 5.97 Å². The van der Waals surface area contributed by atoms with Gasteiger partial charge in [-0.15, -0.1) is 0 Å². The number of aromatic nitrogens is 1. The number of pyridine rings is 1. The van der Waals surface area contributed by atoms with Crippen LogP contribution in [0.15, 0.2) is 72.9 Å². The molecule has 0 unspecified atom stereocenters. The van der Waals surface area contributed by atoms with Gasteiger partial charge in [-0.2, -0.15) is 0 Å². The number of methoxy groups -OCH3 is 1. The fourth-order valence-electron chi connectivity index (χ4n) is 2.81. The maximum atomic E-state index is 12.3. The van der Waals surface area contributed by atoms with Gasteiger partial charge >= 0.3 is 5.97 Å². The van der Waals surface area contributed by atoms with Crippen LogP contribution in [-0.2, 0) is 11.2 Å². The molecule has 0 spiro atoms. The number of ether oxygens (including phenoxy) is 1. The summed E-state index contributed by atoms with van der Waals surface area (Å²) in [6.07, 6.45) is 3.67. The molecule has 0 saturated carbocycles. The van der Waals surface area contributed by atoms with Gasteiger partial charge < -0.3 is 15.4 Å². The monoisotopic (exact) mass is 389 g/mol. The molecule has 6 nitrogen and oxygen atoms in total. The Labute approximate surface area is 169 Å². The molecule has 0 aliphatic rings. The Hall–Kier alpha value is -3.67. The average molecular weight is 389 g/mol. The molecule has 0 bridgehead atoms. The van der Waals surface area contributed by atoms with Crippen LogP contribution < -0.4 is 10.6 Å². The Bertz CT molecular complexity index is 939. The second-order valence-electron chi connectivity index (χ2n) is 6.47. The lowest BCUT2D eigenvalue weighted by molar-refractivity contribution is 0.0600. The highest BCUT2D eigenvalue weighted by molar-refractivity contribution is 6.03. The molecule has 3 rings (SSSR count). The average Bonchev–Trinajstić information content (AvgIpc) is 2.78. The van der Waals surface area contributed by atoms with Gasteiger partial charge in [0.2, 0.25) is 0 Å². The molecule has 1 amide bonds. The topological polar surface area (TPSA) is 80.3 Å². The first kappa shape index (κ1) is 20.1. The van der Waals surface area contributed by atoms with E-state index in [-0.39, 0.29) is 5.91 Å². The summed E-state index contributed by atoms with van der Waals surface area (Å²) in [6.45, 7) is 0.828. The van der Waals surface area contributed by atoms with Crippen LogP contribution in [0, 0.1) is 0 Å². The number of nitrogens with zero attached hydrogens (tertiary/aromatic N) is 1. The molecular weight excluding hydrogens is 366 g/mol.